The zero-order chi connectivity index (χ0) is 12.3. The minimum absolute atomic E-state index is 0.493. The minimum atomic E-state index is -3.50. The Kier molecular flexibility index (Phi) is 4.06. The van der Waals surface area contributed by atoms with Crippen molar-refractivity contribution < 1.29 is 13.2 Å². The number of carbonyl (C=O) groups is 1. The molecule has 0 aliphatic carbocycles. The van der Waals surface area contributed by atoms with Crippen molar-refractivity contribution >= 4 is 31.9 Å². The lowest BCUT2D eigenvalue weighted by Gasteiger charge is -2.14. The largest absolute Gasteiger partial charge is 0.368 e. The first kappa shape index (κ1) is 13.1. The fourth-order valence-corrected chi connectivity index (χ4v) is 2.29. The molecule has 1 unspecified atom stereocenters. The van der Waals surface area contributed by atoms with Gasteiger partial charge in [0.2, 0.25) is 15.9 Å². The lowest BCUT2D eigenvalue weighted by molar-refractivity contribution is -0.119. The zero-order valence-corrected chi connectivity index (χ0v) is 10.9. The van der Waals surface area contributed by atoms with Crippen LogP contribution in [0.5, 0.6) is 0 Å². The molecule has 0 radical (unpaired) electrons. The summed E-state index contributed by atoms with van der Waals surface area (Å²) < 4.78 is 25.1. The number of carbonyl (C=O) groups excluding carboxylic acids is 1. The van der Waals surface area contributed by atoms with Gasteiger partial charge in [0.25, 0.3) is 0 Å². The normalized spacial score (nSPS) is 13.4. The van der Waals surface area contributed by atoms with Crippen LogP contribution < -0.4 is 10.5 Å². The number of benzene rings is 1. The van der Waals surface area contributed by atoms with E-state index in [1.54, 1.807) is 24.3 Å². The van der Waals surface area contributed by atoms with E-state index >= 15 is 0 Å². The first-order valence-electron chi connectivity index (χ1n) is 4.31. The van der Waals surface area contributed by atoms with Gasteiger partial charge in [-0.15, -0.1) is 0 Å². The Bertz CT molecular complexity index is 501. The average Bonchev–Trinajstić information content (AvgIpc) is 2.12. The summed E-state index contributed by atoms with van der Waals surface area (Å²) in [5.41, 5.74) is 5.64. The molecule has 16 heavy (non-hydrogen) atoms. The van der Waals surface area contributed by atoms with Crippen molar-refractivity contribution in [3.05, 3.63) is 34.3 Å². The molecule has 1 amide bonds. The van der Waals surface area contributed by atoms with Crippen molar-refractivity contribution in [2.45, 2.75) is 6.04 Å². The summed E-state index contributed by atoms with van der Waals surface area (Å²) in [6.45, 7) is 0. The van der Waals surface area contributed by atoms with E-state index in [4.69, 9.17) is 5.73 Å². The lowest BCUT2D eigenvalue weighted by Crippen LogP contribution is -2.36. The first-order chi connectivity index (χ1) is 7.29. The Balaban J connectivity index is 3.08. The van der Waals surface area contributed by atoms with Crippen molar-refractivity contribution in [1.82, 2.24) is 4.72 Å². The second-order valence-corrected chi connectivity index (χ2v) is 5.98. The molecule has 0 saturated carbocycles. The summed E-state index contributed by atoms with van der Waals surface area (Å²) >= 11 is 3.23. The van der Waals surface area contributed by atoms with Crippen LogP contribution in [0.25, 0.3) is 0 Å². The molecule has 0 heterocycles. The van der Waals surface area contributed by atoms with Crippen LogP contribution in [0.2, 0.25) is 0 Å². The molecular weight excluding hydrogens is 296 g/mol. The summed E-state index contributed by atoms with van der Waals surface area (Å²) in [5, 5.41) is 0. The van der Waals surface area contributed by atoms with Crippen LogP contribution >= 0.6 is 15.9 Å². The van der Waals surface area contributed by atoms with Gasteiger partial charge in [0.15, 0.2) is 0 Å². The third-order valence-electron chi connectivity index (χ3n) is 1.80. The number of sulfonamides is 1. The Hall–Kier alpha value is -0.920. The van der Waals surface area contributed by atoms with Crippen molar-refractivity contribution in [2.24, 2.45) is 5.73 Å². The SMILES string of the molecule is CS(=O)(=O)NC(C(N)=O)c1cccc(Br)c1. The Morgan fingerprint density at radius 1 is 1.50 bits per heavy atom. The monoisotopic (exact) mass is 306 g/mol. The van der Waals surface area contributed by atoms with Gasteiger partial charge in [-0.3, -0.25) is 4.79 Å². The summed E-state index contributed by atoms with van der Waals surface area (Å²) in [7, 11) is -3.50. The quantitative estimate of drug-likeness (QED) is 0.850. The van der Waals surface area contributed by atoms with Gasteiger partial charge in [-0.05, 0) is 17.7 Å². The lowest BCUT2D eigenvalue weighted by atomic mass is 10.1. The molecule has 0 spiro atoms. The van der Waals surface area contributed by atoms with Crippen LogP contribution in [0, 0.1) is 0 Å². The Morgan fingerprint density at radius 2 is 2.12 bits per heavy atom. The van der Waals surface area contributed by atoms with Crippen LogP contribution in [-0.2, 0) is 14.8 Å². The van der Waals surface area contributed by atoms with E-state index in [2.05, 4.69) is 20.7 Å². The van der Waals surface area contributed by atoms with Crippen molar-refractivity contribution in [1.29, 1.82) is 0 Å². The van der Waals surface area contributed by atoms with Crippen LogP contribution in [0.1, 0.15) is 11.6 Å². The van der Waals surface area contributed by atoms with Gasteiger partial charge in [-0.2, -0.15) is 4.72 Å². The third-order valence-corrected chi connectivity index (χ3v) is 2.96. The summed E-state index contributed by atoms with van der Waals surface area (Å²) in [6, 6.07) is 5.67. The van der Waals surface area contributed by atoms with Crippen LogP contribution in [0.3, 0.4) is 0 Å². The van der Waals surface area contributed by atoms with Gasteiger partial charge in [-0.25, -0.2) is 8.42 Å². The number of primary amides is 1. The number of nitrogens with two attached hydrogens (primary N) is 1. The van der Waals surface area contributed by atoms with E-state index in [1.165, 1.54) is 0 Å². The molecule has 0 bridgehead atoms. The molecular formula is C9H11BrN2O3S. The highest BCUT2D eigenvalue weighted by Crippen LogP contribution is 2.18. The first-order valence-corrected chi connectivity index (χ1v) is 7.00. The van der Waals surface area contributed by atoms with Crippen molar-refractivity contribution in [3.8, 4) is 0 Å². The number of rotatable bonds is 4. The van der Waals surface area contributed by atoms with Crippen LogP contribution in [0.15, 0.2) is 28.7 Å². The van der Waals surface area contributed by atoms with E-state index in [9.17, 15) is 13.2 Å². The third kappa shape index (κ3) is 3.92. The maximum absolute atomic E-state index is 11.2. The molecule has 1 rings (SSSR count). The summed E-state index contributed by atoms with van der Waals surface area (Å²) in [5.74, 6) is -0.747. The highest BCUT2D eigenvalue weighted by molar-refractivity contribution is 9.10. The Morgan fingerprint density at radius 3 is 2.56 bits per heavy atom. The summed E-state index contributed by atoms with van der Waals surface area (Å²) in [6.07, 6.45) is 0.973. The minimum Gasteiger partial charge on any atom is -0.368 e. The van der Waals surface area contributed by atoms with Crippen molar-refractivity contribution in [3.63, 3.8) is 0 Å². The fraction of sp³-hybridized carbons (Fsp3) is 0.222. The highest BCUT2D eigenvalue weighted by atomic mass is 79.9. The zero-order valence-electron chi connectivity index (χ0n) is 8.48. The molecule has 0 aliphatic heterocycles. The topological polar surface area (TPSA) is 89.3 Å². The number of halogens is 1. The standard InChI is InChI=1S/C9H11BrN2O3S/c1-16(14,15)12-8(9(11)13)6-3-2-4-7(10)5-6/h2-5,8,12H,1H3,(H2,11,13). The van der Waals surface area contributed by atoms with Gasteiger partial charge in [-0.1, -0.05) is 28.1 Å². The molecule has 1 aromatic rings. The molecule has 0 aliphatic rings. The number of nitrogens with one attached hydrogen (secondary N) is 1. The van der Waals surface area contributed by atoms with Crippen LogP contribution in [-0.4, -0.2) is 20.6 Å². The van der Waals surface area contributed by atoms with E-state index < -0.39 is 22.0 Å². The molecule has 7 heteroatoms. The van der Waals surface area contributed by atoms with Crippen LogP contribution in [0.4, 0.5) is 0 Å². The van der Waals surface area contributed by atoms with Crippen molar-refractivity contribution in [2.75, 3.05) is 6.26 Å². The smallest absolute Gasteiger partial charge is 0.240 e. The molecule has 1 atom stereocenters. The number of hydrogen-bond acceptors (Lipinski definition) is 3. The summed E-state index contributed by atoms with van der Waals surface area (Å²) in [4.78, 5) is 11.2. The number of amides is 1. The van der Waals surface area contributed by atoms with E-state index in [0.717, 1.165) is 10.7 Å². The van der Waals surface area contributed by atoms with Gasteiger partial charge in [0.05, 0.1) is 6.26 Å². The van der Waals surface area contributed by atoms with Gasteiger partial charge in [0, 0.05) is 4.47 Å². The van der Waals surface area contributed by atoms with E-state index in [1.807, 2.05) is 0 Å². The second kappa shape index (κ2) is 4.94. The molecule has 88 valence electrons. The average molecular weight is 307 g/mol. The Labute approximate surface area is 102 Å². The van der Waals surface area contributed by atoms with E-state index in [-0.39, 0.29) is 0 Å². The predicted molar refractivity (Wildman–Crippen MR) is 64.1 cm³/mol. The van der Waals surface area contributed by atoms with Gasteiger partial charge in [0.1, 0.15) is 6.04 Å². The maximum Gasteiger partial charge on any atom is 0.240 e. The maximum atomic E-state index is 11.2. The highest BCUT2D eigenvalue weighted by Gasteiger charge is 2.21. The second-order valence-electron chi connectivity index (χ2n) is 3.28. The molecule has 1 aromatic carbocycles. The molecule has 0 fully saturated rings. The molecule has 3 N–H and O–H groups in total. The van der Waals surface area contributed by atoms with Gasteiger partial charge < -0.3 is 5.73 Å². The molecule has 0 aromatic heterocycles. The van der Waals surface area contributed by atoms with Gasteiger partial charge >= 0.3 is 0 Å². The molecule has 0 saturated heterocycles. The number of hydrogen-bond donors (Lipinski definition) is 2. The predicted octanol–water partition coefficient (Wildman–Crippen LogP) is 0.525. The molecule has 5 nitrogen and oxygen atoms in total. The van der Waals surface area contributed by atoms with E-state index in [0.29, 0.717) is 5.56 Å². The fourth-order valence-electron chi connectivity index (χ4n) is 1.19.